The first kappa shape index (κ1) is 19.3. The lowest BCUT2D eigenvalue weighted by Gasteiger charge is -2.10. The summed E-state index contributed by atoms with van der Waals surface area (Å²) >= 11 is -2.24. The number of halogens is 3. The van der Waals surface area contributed by atoms with Gasteiger partial charge in [0.2, 0.25) is 0 Å². The van der Waals surface area contributed by atoms with Gasteiger partial charge in [-0.2, -0.15) is 13.2 Å². The summed E-state index contributed by atoms with van der Waals surface area (Å²) in [5, 5.41) is 0. The van der Waals surface area contributed by atoms with Crippen molar-refractivity contribution in [2.45, 2.75) is 18.5 Å². The molecule has 1 heterocycles. The molecule has 1 unspecified atom stereocenters. The minimum Gasteiger partial charge on any atom is -0.772 e. The molecule has 1 aromatic heterocycles. The lowest BCUT2D eigenvalue weighted by molar-refractivity contribution is -0.140. The van der Waals surface area contributed by atoms with E-state index in [2.05, 4.69) is 4.98 Å². The highest BCUT2D eigenvalue weighted by molar-refractivity contribution is 7.78. The van der Waals surface area contributed by atoms with Gasteiger partial charge in [0.15, 0.2) is 5.69 Å². The lowest BCUT2D eigenvalue weighted by atomic mass is 10.1. The van der Waals surface area contributed by atoms with Gasteiger partial charge in [-0.25, -0.2) is 4.98 Å². The third-order valence-corrected chi connectivity index (χ3v) is 4.49. The SMILES string of the molecule is NCc1cccc(-c2nc(C(F)(F)F)cn2-c2ccc(CS(=O)[O-])cc2)c1. The monoisotopic (exact) mass is 394 g/mol. The second kappa shape index (κ2) is 7.63. The molecule has 0 aliphatic carbocycles. The van der Waals surface area contributed by atoms with E-state index >= 15 is 0 Å². The van der Waals surface area contributed by atoms with E-state index in [9.17, 15) is 21.9 Å². The van der Waals surface area contributed by atoms with Crippen molar-refractivity contribution in [1.29, 1.82) is 0 Å². The van der Waals surface area contributed by atoms with Gasteiger partial charge < -0.3 is 10.3 Å². The van der Waals surface area contributed by atoms with Crippen molar-refractivity contribution in [1.82, 2.24) is 9.55 Å². The van der Waals surface area contributed by atoms with Crippen LogP contribution >= 0.6 is 0 Å². The summed E-state index contributed by atoms with van der Waals surface area (Å²) in [6, 6.07) is 13.0. The molecule has 0 aliphatic heterocycles. The first-order valence-electron chi connectivity index (χ1n) is 7.89. The van der Waals surface area contributed by atoms with Crippen LogP contribution in [0.15, 0.2) is 54.7 Å². The summed E-state index contributed by atoms with van der Waals surface area (Å²) in [7, 11) is 0. The van der Waals surface area contributed by atoms with Crippen LogP contribution in [0.3, 0.4) is 0 Å². The molecule has 1 atom stereocenters. The summed E-state index contributed by atoms with van der Waals surface area (Å²) in [4.78, 5) is 3.77. The van der Waals surface area contributed by atoms with E-state index in [0.717, 1.165) is 11.8 Å². The van der Waals surface area contributed by atoms with Crippen LogP contribution < -0.4 is 5.73 Å². The smallest absolute Gasteiger partial charge is 0.434 e. The number of benzene rings is 2. The van der Waals surface area contributed by atoms with Crippen molar-refractivity contribution in [3.05, 3.63) is 71.5 Å². The maximum absolute atomic E-state index is 13.2. The Balaban J connectivity index is 2.10. The highest BCUT2D eigenvalue weighted by Crippen LogP contribution is 2.32. The average molecular weight is 394 g/mol. The molecule has 142 valence electrons. The van der Waals surface area contributed by atoms with Crippen molar-refractivity contribution in [3.8, 4) is 17.1 Å². The maximum atomic E-state index is 13.2. The van der Waals surface area contributed by atoms with E-state index in [1.807, 2.05) is 0 Å². The molecule has 0 radical (unpaired) electrons. The molecule has 0 amide bonds. The Morgan fingerprint density at radius 1 is 1.11 bits per heavy atom. The van der Waals surface area contributed by atoms with Crippen LogP contribution in [0, 0.1) is 0 Å². The molecule has 3 rings (SSSR count). The third kappa shape index (κ3) is 4.44. The van der Waals surface area contributed by atoms with Gasteiger partial charge in [-0.15, -0.1) is 0 Å². The van der Waals surface area contributed by atoms with E-state index in [4.69, 9.17) is 5.73 Å². The Morgan fingerprint density at radius 2 is 1.81 bits per heavy atom. The van der Waals surface area contributed by atoms with Crippen molar-refractivity contribution >= 4 is 11.1 Å². The van der Waals surface area contributed by atoms with E-state index in [1.54, 1.807) is 48.5 Å². The summed E-state index contributed by atoms with van der Waals surface area (Å²) in [6.45, 7) is 0.252. The molecule has 3 aromatic rings. The molecule has 0 aliphatic rings. The number of nitrogens with two attached hydrogens (primary N) is 1. The quantitative estimate of drug-likeness (QED) is 0.673. The van der Waals surface area contributed by atoms with Gasteiger partial charge in [-0.1, -0.05) is 41.4 Å². The molecular formula is C18H15F3N3O2S-. The van der Waals surface area contributed by atoms with Gasteiger partial charge in [-0.05, 0) is 29.3 Å². The Hall–Kier alpha value is -2.49. The van der Waals surface area contributed by atoms with Gasteiger partial charge in [0, 0.05) is 29.7 Å². The van der Waals surface area contributed by atoms with E-state index in [1.165, 1.54) is 4.57 Å². The van der Waals surface area contributed by atoms with Crippen LogP contribution in [0.5, 0.6) is 0 Å². The van der Waals surface area contributed by atoms with Crippen molar-refractivity contribution in [2.75, 3.05) is 0 Å². The van der Waals surface area contributed by atoms with Crippen LogP contribution in [-0.4, -0.2) is 18.3 Å². The number of aromatic nitrogens is 2. The van der Waals surface area contributed by atoms with Crippen LogP contribution in [0.2, 0.25) is 0 Å². The number of rotatable bonds is 5. The fraction of sp³-hybridized carbons (Fsp3) is 0.167. The zero-order chi connectivity index (χ0) is 19.6. The molecule has 2 N–H and O–H groups in total. The molecule has 2 aromatic carbocycles. The van der Waals surface area contributed by atoms with E-state index in [0.29, 0.717) is 16.8 Å². The highest BCUT2D eigenvalue weighted by Gasteiger charge is 2.35. The predicted molar refractivity (Wildman–Crippen MR) is 94.5 cm³/mol. The van der Waals surface area contributed by atoms with Gasteiger partial charge in [0.25, 0.3) is 0 Å². The minimum absolute atomic E-state index is 0.123. The first-order chi connectivity index (χ1) is 12.8. The molecule has 27 heavy (non-hydrogen) atoms. The fourth-order valence-corrected chi connectivity index (χ4v) is 3.11. The highest BCUT2D eigenvalue weighted by atomic mass is 32.2. The zero-order valence-corrected chi connectivity index (χ0v) is 14.8. The summed E-state index contributed by atoms with van der Waals surface area (Å²) in [6.07, 6.45) is -3.67. The molecular weight excluding hydrogens is 379 g/mol. The fourth-order valence-electron chi connectivity index (χ4n) is 2.64. The molecule has 9 heteroatoms. The lowest BCUT2D eigenvalue weighted by Crippen LogP contribution is -2.05. The van der Waals surface area contributed by atoms with Crippen LogP contribution in [-0.2, 0) is 29.6 Å². The molecule has 0 fully saturated rings. The van der Waals surface area contributed by atoms with E-state index < -0.39 is 23.0 Å². The molecule has 0 bridgehead atoms. The molecule has 5 nitrogen and oxygen atoms in total. The van der Waals surface area contributed by atoms with Gasteiger partial charge in [-0.3, -0.25) is 8.78 Å². The second-order valence-corrected chi connectivity index (χ2v) is 6.73. The minimum atomic E-state index is -4.59. The number of nitrogens with zero attached hydrogens (tertiary/aromatic N) is 2. The average Bonchev–Trinajstić information content (AvgIpc) is 3.08. The second-order valence-electron chi connectivity index (χ2n) is 5.84. The molecule has 0 saturated heterocycles. The summed E-state index contributed by atoms with van der Waals surface area (Å²) in [5.41, 5.74) is 6.85. The Kier molecular flexibility index (Phi) is 5.45. The van der Waals surface area contributed by atoms with Crippen molar-refractivity contribution < 1.29 is 21.9 Å². The number of alkyl halides is 3. The predicted octanol–water partition coefficient (Wildman–Crippen LogP) is 3.40. The number of imidazole rings is 1. The topological polar surface area (TPSA) is 84.0 Å². The zero-order valence-electron chi connectivity index (χ0n) is 13.9. The van der Waals surface area contributed by atoms with Gasteiger partial charge in [0.1, 0.15) is 5.82 Å². The number of hydrogen-bond donors (Lipinski definition) is 1. The van der Waals surface area contributed by atoms with Gasteiger partial charge >= 0.3 is 6.18 Å². The maximum Gasteiger partial charge on any atom is 0.434 e. The standard InChI is InChI=1S/C18H16F3N3O2S/c19-18(20,21)16-10-24(15-6-4-12(5-7-15)11-27(25)26)17(23-16)14-3-1-2-13(8-14)9-22/h1-8,10H,9,11,22H2,(H,25,26)/p-1. The normalized spacial score (nSPS) is 12.9. The molecule has 0 saturated carbocycles. The number of hydrogen-bond acceptors (Lipinski definition) is 4. The Bertz CT molecular complexity index is 969. The van der Waals surface area contributed by atoms with Crippen LogP contribution in [0.4, 0.5) is 13.2 Å². The Morgan fingerprint density at radius 3 is 2.41 bits per heavy atom. The largest absolute Gasteiger partial charge is 0.772 e. The van der Waals surface area contributed by atoms with E-state index in [-0.39, 0.29) is 18.1 Å². The summed E-state index contributed by atoms with van der Waals surface area (Å²) < 4.78 is 62.5. The Labute approximate surface area is 155 Å². The van der Waals surface area contributed by atoms with Gasteiger partial charge in [0.05, 0.1) is 0 Å². The van der Waals surface area contributed by atoms with Crippen LogP contribution in [0.1, 0.15) is 16.8 Å². The van der Waals surface area contributed by atoms with Crippen LogP contribution in [0.25, 0.3) is 17.1 Å². The summed E-state index contributed by atoms with van der Waals surface area (Å²) in [5.74, 6) is -0.0403. The van der Waals surface area contributed by atoms with Crippen molar-refractivity contribution in [3.63, 3.8) is 0 Å². The third-order valence-electron chi connectivity index (χ3n) is 3.92. The molecule has 0 spiro atoms. The first-order valence-corrected chi connectivity index (χ1v) is 9.13. The van der Waals surface area contributed by atoms with Crippen molar-refractivity contribution in [2.24, 2.45) is 5.73 Å².